The first-order valence-electron chi connectivity index (χ1n) is 5.26. The lowest BCUT2D eigenvalue weighted by Crippen LogP contribution is -2.37. The summed E-state index contributed by atoms with van der Waals surface area (Å²) in [6.45, 7) is 6.92. The highest BCUT2D eigenvalue weighted by Crippen LogP contribution is 2.44. The van der Waals surface area contributed by atoms with Crippen LogP contribution in [-0.2, 0) is 0 Å². The molecule has 0 aromatic carbocycles. The molecule has 1 unspecified atom stereocenters. The molecule has 12 heavy (non-hydrogen) atoms. The summed E-state index contributed by atoms with van der Waals surface area (Å²) in [6, 6.07) is 0. The number of unbranched alkanes of at least 4 members (excludes halogenated alkanes) is 1. The molecule has 2 N–H and O–H groups in total. The van der Waals surface area contributed by atoms with E-state index in [4.69, 9.17) is 5.73 Å². The Morgan fingerprint density at radius 1 is 1.25 bits per heavy atom. The summed E-state index contributed by atoms with van der Waals surface area (Å²) in [5.74, 6) is 0. The summed E-state index contributed by atoms with van der Waals surface area (Å²) < 4.78 is 0. The van der Waals surface area contributed by atoms with E-state index in [1.165, 1.54) is 38.5 Å². The van der Waals surface area contributed by atoms with Crippen molar-refractivity contribution in [3.8, 4) is 0 Å². The molecular formula is C11H23N. The van der Waals surface area contributed by atoms with Crippen molar-refractivity contribution in [3.05, 3.63) is 0 Å². The zero-order chi connectivity index (χ0) is 9.24. The van der Waals surface area contributed by atoms with Gasteiger partial charge in [0, 0.05) is 5.54 Å². The van der Waals surface area contributed by atoms with Gasteiger partial charge in [-0.25, -0.2) is 0 Å². The van der Waals surface area contributed by atoms with Crippen molar-refractivity contribution in [2.45, 2.75) is 64.8 Å². The molecule has 0 saturated heterocycles. The van der Waals surface area contributed by atoms with E-state index < -0.39 is 0 Å². The molecule has 0 aliphatic heterocycles. The number of rotatable bonds is 3. The Balaban J connectivity index is 2.41. The van der Waals surface area contributed by atoms with E-state index >= 15 is 0 Å². The average molecular weight is 169 g/mol. The third kappa shape index (κ3) is 2.48. The van der Waals surface area contributed by atoms with Crippen LogP contribution in [0.2, 0.25) is 0 Å². The molecule has 1 heteroatoms. The SMILES string of the molecule is CCCCC1(N)CCC(C)(C)C1. The molecule has 0 spiro atoms. The summed E-state index contributed by atoms with van der Waals surface area (Å²) in [7, 11) is 0. The molecule has 1 atom stereocenters. The molecule has 1 saturated carbocycles. The largest absolute Gasteiger partial charge is 0.325 e. The maximum absolute atomic E-state index is 6.32. The maximum atomic E-state index is 6.32. The first kappa shape index (κ1) is 10.0. The van der Waals surface area contributed by atoms with Gasteiger partial charge in [-0.2, -0.15) is 0 Å². The Kier molecular flexibility index (Phi) is 2.82. The van der Waals surface area contributed by atoms with E-state index in [1.54, 1.807) is 0 Å². The zero-order valence-corrected chi connectivity index (χ0v) is 8.82. The second-order valence-electron chi connectivity index (χ2n) is 5.31. The van der Waals surface area contributed by atoms with Gasteiger partial charge in [0.2, 0.25) is 0 Å². The first-order valence-corrected chi connectivity index (χ1v) is 5.26. The molecular weight excluding hydrogens is 146 g/mol. The topological polar surface area (TPSA) is 26.0 Å². The van der Waals surface area contributed by atoms with Gasteiger partial charge in [-0.3, -0.25) is 0 Å². The summed E-state index contributed by atoms with van der Waals surface area (Å²) >= 11 is 0. The molecule has 0 heterocycles. The number of hydrogen-bond donors (Lipinski definition) is 1. The second-order valence-corrected chi connectivity index (χ2v) is 5.31. The van der Waals surface area contributed by atoms with Crippen LogP contribution in [0.25, 0.3) is 0 Å². The van der Waals surface area contributed by atoms with Crippen molar-refractivity contribution in [3.63, 3.8) is 0 Å². The first-order chi connectivity index (χ1) is 5.47. The Morgan fingerprint density at radius 2 is 1.92 bits per heavy atom. The third-order valence-corrected chi connectivity index (χ3v) is 3.16. The summed E-state index contributed by atoms with van der Waals surface area (Å²) in [4.78, 5) is 0. The molecule has 72 valence electrons. The lowest BCUT2D eigenvalue weighted by molar-refractivity contribution is 0.318. The van der Waals surface area contributed by atoms with Crippen molar-refractivity contribution in [2.24, 2.45) is 11.1 Å². The van der Waals surface area contributed by atoms with Crippen LogP contribution in [0, 0.1) is 5.41 Å². The molecule has 0 aromatic rings. The second kappa shape index (κ2) is 3.37. The van der Waals surface area contributed by atoms with Crippen molar-refractivity contribution < 1.29 is 0 Å². The number of hydrogen-bond acceptors (Lipinski definition) is 1. The highest BCUT2D eigenvalue weighted by atomic mass is 14.8. The van der Waals surface area contributed by atoms with Gasteiger partial charge < -0.3 is 5.73 Å². The van der Waals surface area contributed by atoms with Crippen LogP contribution < -0.4 is 5.73 Å². The molecule has 1 aliphatic rings. The van der Waals surface area contributed by atoms with Crippen LogP contribution in [0.1, 0.15) is 59.3 Å². The Morgan fingerprint density at radius 3 is 2.33 bits per heavy atom. The fourth-order valence-corrected chi connectivity index (χ4v) is 2.46. The summed E-state index contributed by atoms with van der Waals surface area (Å²) in [6.07, 6.45) is 7.58. The van der Waals surface area contributed by atoms with Crippen molar-refractivity contribution in [1.29, 1.82) is 0 Å². The van der Waals surface area contributed by atoms with Crippen molar-refractivity contribution >= 4 is 0 Å². The minimum absolute atomic E-state index is 0.180. The predicted octanol–water partition coefficient (Wildman–Crippen LogP) is 3.08. The smallest absolute Gasteiger partial charge is 0.0159 e. The highest BCUT2D eigenvalue weighted by Gasteiger charge is 2.39. The fraction of sp³-hybridized carbons (Fsp3) is 1.00. The minimum Gasteiger partial charge on any atom is -0.325 e. The normalized spacial score (nSPS) is 34.0. The Labute approximate surface area is 76.7 Å². The molecule has 0 amide bonds. The molecule has 1 fully saturated rings. The average Bonchev–Trinajstić information content (AvgIpc) is 2.23. The molecule has 0 radical (unpaired) electrons. The van der Waals surface area contributed by atoms with Crippen molar-refractivity contribution in [2.75, 3.05) is 0 Å². The van der Waals surface area contributed by atoms with Gasteiger partial charge >= 0.3 is 0 Å². The van der Waals surface area contributed by atoms with Crippen LogP contribution in [0.15, 0.2) is 0 Å². The quantitative estimate of drug-likeness (QED) is 0.690. The van der Waals surface area contributed by atoms with E-state index in [1.807, 2.05) is 0 Å². The van der Waals surface area contributed by atoms with Gasteiger partial charge in [-0.05, 0) is 31.1 Å². The lowest BCUT2D eigenvalue weighted by Gasteiger charge is -2.26. The Hall–Kier alpha value is -0.0400. The van der Waals surface area contributed by atoms with Gasteiger partial charge in [0.05, 0.1) is 0 Å². The molecule has 0 bridgehead atoms. The lowest BCUT2D eigenvalue weighted by atomic mass is 9.86. The number of nitrogens with two attached hydrogens (primary N) is 1. The van der Waals surface area contributed by atoms with Gasteiger partial charge in [0.1, 0.15) is 0 Å². The zero-order valence-electron chi connectivity index (χ0n) is 8.82. The fourth-order valence-electron chi connectivity index (χ4n) is 2.46. The molecule has 1 rings (SSSR count). The molecule has 1 aliphatic carbocycles. The van der Waals surface area contributed by atoms with Gasteiger partial charge in [-0.15, -0.1) is 0 Å². The predicted molar refractivity (Wildman–Crippen MR) is 54.1 cm³/mol. The maximum Gasteiger partial charge on any atom is 0.0159 e. The van der Waals surface area contributed by atoms with Crippen LogP contribution in [-0.4, -0.2) is 5.54 Å². The van der Waals surface area contributed by atoms with E-state index in [0.29, 0.717) is 5.41 Å². The van der Waals surface area contributed by atoms with Crippen LogP contribution in [0.4, 0.5) is 0 Å². The van der Waals surface area contributed by atoms with E-state index in [2.05, 4.69) is 20.8 Å². The van der Waals surface area contributed by atoms with Crippen LogP contribution in [0.3, 0.4) is 0 Å². The van der Waals surface area contributed by atoms with Crippen LogP contribution in [0.5, 0.6) is 0 Å². The Bertz CT molecular complexity index is 151. The van der Waals surface area contributed by atoms with Gasteiger partial charge in [-0.1, -0.05) is 33.6 Å². The molecule has 1 nitrogen and oxygen atoms in total. The van der Waals surface area contributed by atoms with Crippen molar-refractivity contribution in [1.82, 2.24) is 0 Å². The summed E-state index contributed by atoms with van der Waals surface area (Å²) in [5.41, 5.74) is 7.00. The van der Waals surface area contributed by atoms with E-state index in [9.17, 15) is 0 Å². The third-order valence-electron chi connectivity index (χ3n) is 3.16. The van der Waals surface area contributed by atoms with Crippen LogP contribution >= 0.6 is 0 Å². The van der Waals surface area contributed by atoms with E-state index in [0.717, 1.165) is 0 Å². The van der Waals surface area contributed by atoms with Gasteiger partial charge in [0.15, 0.2) is 0 Å². The standard InChI is InChI=1S/C11H23N/c1-4-5-6-11(12)8-7-10(2,3)9-11/h4-9,12H2,1-3H3. The highest BCUT2D eigenvalue weighted by molar-refractivity contribution is 4.96. The monoisotopic (exact) mass is 169 g/mol. The van der Waals surface area contributed by atoms with E-state index in [-0.39, 0.29) is 5.54 Å². The minimum atomic E-state index is 0.180. The summed E-state index contributed by atoms with van der Waals surface area (Å²) in [5, 5.41) is 0. The molecule has 0 aromatic heterocycles. The van der Waals surface area contributed by atoms with Gasteiger partial charge in [0.25, 0.3) is 0 Å².